The van der Waals surface area contributed by atoms with E-state index in [1.54, 1.807) is 55.5 Å². The number of esters is 1. The van der Waals surface area contributed by atoms with Gasteiger partial charge >= 0.3 is 5.97 Å². The maximum atomic E-state index is 12.4. The lowest BCUT2D eigenvalue weighted by molar-refractivity contribution is -0.385. The molecule has 0 aliphatic carbocycles. The molecule has 1 aliphatic heterocycles. The Morgan fingerprint density at radius 2 is 1.80 bits per heavy atom. The van der Waals surface area contributed by atoms with Crippen LogP contribution in [0.25, 0.3) is 6.08 Å². The van der Waals surface area contributed by atoms with Gasteiger partial charge < -0.3 is 9.47 Å². The molecule has 0 fully saturated rings. The van der Waals surface area contributed by atoms with Gasteiger partial charge in [0.25, 0.3) is 5.69 Å². The van der Waals surface area contributed by atoms with E-state index in [-0.39, 0.29) is 29.7 Å². The zero-order chi connectivity index (χ0) is 25.1. The number of hydrogen-bond donors (Lipinski definition) is 0. The Hall–Kier alpha value is -3.63. The fourth-order valence-corrected chi connectivity index (χ4v) is 4.73. The van der Waals surface area contributed by atoms with Gasteiger partial charge in [0.2, 0.25) is 5.90 Å². The molecule has 0 saturated heterocycles. The normalized spacial score (nSPS) is 14.0. The van der Waals surface area contributed by atoms with Gasteiger partial charge in [-0.2, -0.15) is 0 Å². The number of rotatable bonds is 7. The summed E-state index contributed by atoms with van der Waals surface area (Å²) in [6, 6.07) is 16.7. The molecular formula is C25H16Br2N2O6. The highest BCUT2D eigenvalue weighted by molar-refractivity contribution is 9.11. The zero-order valence-electron chi connectivity index (χ0n) is 18.2. The molecule has 0 unspecified atom stereocenters. The predicted molar refractivity (Wildman–Crippen MR) is 137 cm³/mol. The Balaban J connectivity index is 1.55. The van der Waals surface area contributed by atoms with E-state index < -0.39 is 10.9 Å². The van der Waals surface area contributed by atoms with Crippen LogP contribution >= 0.6 is 31.9 Å². The van der Waals surface area contributed by atoms with Crippen molar-refractivity contribution in [2.24, 2.45) is 4.99 Å². The summed E-state index contributed by atoms with van der Waals surface area (Å²) in [5, 5.41) is 11.2. The van der Waals surface area contributed by atoms with Gasteiger partial charge in [-0.1, -0.05) is 36.4 Å². The molecule has 8 nitrogen and oxygen atoms in total. The monoisotopic (exact) mass is 598 g/mol. The van der Waals surface area contributed by atoms with Crippen LogP contribution in [0.2, 0.25) is 0 Å². The van der Waals surface area contributed by atoms with Crippen molar-refractivity contribution in [3.63, 3.8) is 0 Å². The van der Waals surface area contributed by atoms with Crippen molar-refractivity contribution in [2.45, 2.75) is 6.92 Å². The van der Waals surface area contributed by atoms with E-state index in [0.717, 1.165) is 0 Å². The first kappa shape index (κ1) is 24.5. The standard InChI is InChI=1S/C25H16Br2N2O6/c1-14-7-8-17(12-21(14)29(32)33)24-28-20(25(31)35-24)11-15-9-18(26)23(19(27)10-15)34-13-22(30)16-5-3-2-4-6-16/h2-12H,13H2,1H3/b20-11-. The maximum absolute atomic E-state index is 12.4. The zero-order valence-corrected chi connectivity index (χ0v) is 21.3. The summed E-state index contributed by atoms with van der Waals surface area (Å²) in [5.74, 6) is -0.421. The Labute approximate surface area is 216 Å². The van der Waals surface area contributed by atoms with Crippen LogP contribution in [0.15, 0.2) is 80.3 Å². The Bertz CT molecular complexity index is 1390. The van der Waals surface area contributed by atoms with Crippen molar-refractivity contribution in [1.82, 2.24) is 0 Å². The molecule has 4 rings (SSSR count). The summed E-state index contributed by atoms with van der Waals surface area (Å²) in [5.41, 5.74) is 1.92. The number of nitrogens with zero attached hydrogens (tertiary/aromatic N) is 2. The fraction of sp³-hybridized carbons (Fsp3) is 0.0800. The average Bonchev–Trinajstić information content (AvgIpc) is 3.19. The molecule has 1 heterocycles. The van der Waals surface area contributed by atoms with E-state index in [2.05, 4.69) is 36.9 Å². The van der Waals surface area contributed by atoms with Crippen LogP contribution in [0.4, 0.5) is 5.69 Å². The summed E-state index contributed by atoms with van der Waals surface area (Å²) in [6.45, 7) is 1.47. The van der Waals surface area contributed by atoms with Gasteiger partial charge in [-0.15, -0.1) is 0 Å². The van der Waals surface area contributed by atoms with Crippen LogP contribution < -0.4 is 4.74 Å². The number of aliphatic imine (C=N–C) groups is 1. The smallest absolute Gasteiger partial charge is 0.363 e. The van der Waals surface area contributed by atoms with Gasteiger partial charge in [0.1, 0.15) is 5.75 Å². The molecule has 3 aromatic rings. The van der Waals surface area contributed by atoms with E-state index in [1.165, 1.54) is 12.1 Å². The largest absolute Gasteiger partial charge is 0.483 e. The van der Waals surface area contributed by atoms with Crippen molar-refractivity contribution in [2.75, 3.05) is 6.61 Å². The van der Waals surface area contributed by atoms with Gasteiger partial charge in [-0.05, 0) is 68.6 Å². The summed E-state index contributed by atoms with van der Waals surface area (Å²) < 4.78 is 12.1. The molecule has 0 atom stereocenters. The fourth-order valence-electron chi connectivity index (χ4n) is 3.28. The number of carbonyl (C=O) groups is 2. The number of aryl methyl sites for hydroxylation is 1. The van der Waals surface area contributed by atoms with Crippen molar-refractivity contribution in [1.29, 1.82) is 0 Å². The molecule has 0 bridgehead atoms. The highest BCUT2D eigenvalue weighted by atomic mass is 79.9. The minimum Gasteiger partial charge on any atom is -0.483 e. The number of nitro groups is 1. The second-order valence-corrected chi connectivity index (χ2v) is 9.19. The molecule has 0 radical (unpaired) electrons. The van der Waals surface area contributed by atoms with Gasteiger partial charge in [-0.25, -0.2) is 9.79 Å². The summed E-state index contributed by atoms with van der Waals surface area (Å²) in [6.07, 6.45) is 1.52. The molecule has 0 amide bonds. The second kappa shape index (κ2) is 10.3. The van der Waals surface area contributed by atoms with Crippen molar-refractivity contribution < 1.29 is 24.0 Å². The number of nitro benzene ring substituents is 1. The third kappa shape index (κ3) is 5.55. The van der Waals surface area contributed by atoms with Crippen LogP contribution in [0.5, 0.6) is 5.75 Å². The minimum atomic E-state index is -0.677. The van der Waals surface area contributed by atoms with Gasteiger partial charge in [-0.3, -0.25) is 14.9 Å². The Kier molecular flexibility index (Phi) is 7.23. The number of cyclic esters (lactones) is 1. The van der Waals surface area contributed by atoms with Crippen molar-refractivity contribution in [3.8, 4) is 5.75 Å². The lowest BCUT2D eigenvalue weighted by Crippen LogP contribution is -2.12. The molecule has 176 valence electrons. The summed E-state index contributed by atoms with van der Waals surface area (Å²) in [4.78, 5) is 39.6. The lowest BCUT2D eigenvalue weighted by Gasteiger charge is -2.11. The number of halogens is 2. The first-order valence-electron chi connectivity index (χ1n) is 10.2. The van der Waals surface area contributed by atoms with E-state index in [4.69, 9.17) is 9.47 Å². The summed E-state index contributed by atoms with van der Waals surface area (Å²) in [7, 11) is 0. The SMILES string of the molecule is Cc1ccc(C2=N/C(=C\c3cc(Br)c(OCC(=O)c4ccccc4)c(Br)c3)C(=O)O2)cc1[N+](=O)[O-]. The van der Waals surface area contributed by atoms with Crippen molar-refractivity contribution >= 4 is 61.3 Å². The lowest BCUT2D eigenvalue weighted by atomic mass is 10.1. The van der Waals surface area contributed by atoms with Gasteiger partial charge in [0, 0.05) is 22.8 Å². The molecule has 0 saturated carbocycles. The quantitative estimate of drug-likeness (QED) is 0.108. The number of benzene rings is 3. The molecule has 35 heavy (non-hydrogen) atoms. The van der Waals surface area contributed by atoms with E-state index in [9.17, 15) is 19.7 Å². The second-order valence-electron chi connectivity index (χ2n) is 7.49. The first-order chi connectivity index (χ1) is 16.7. The van der Waals surface area contributed by atoms with E-state index in [1.807, 2.05) is 6.07 Å². The topological polar surface area (TPSA) is 108 Å². The molecule has 0 aromatic heterocycles. The number of ketones is 1. The number of ether oxygens (including phenoxy) is 2. The van der Waals surface area contributed by atoms with Crippen LogP contribution in [-0.2, 0) is 9.53 Å². The molecular weight excluding hydrogens is 584 g/mol. The molecule has 0 spiro atoms. The maximum Gasteiger partial charge on any atom is 0.363 e. The number of carbonyl (C=O) groups excluding carboxylic acids is 2. The summed E-state index contributed by atoms with van der Waals surface area (Å²) >= 11 is 6.87. The van der Waals surface area contributed by atoms with Gasteiger partial charge in [0.05, 0.1) is 13.9 Å². The minimum absolute atomic E-state index is 0.0122. The molecule has 0 N–H and O–H groups in total. The van der Waals surface area contributed by atoms with Crippen LogP contribution in [0.1, 0.15) is 27.0 Å². The third-order valence-electron chi connectivity index (χ3n) is 5.04. The van der Waals surface area contributed by atoms with Crippen LogP contribution in [-0.4, -0.2) is 29.2 Å². The molecule has 10 heteroatoms. The first-order valence-corrected chi connectivity index (χ1v) is 11.8. The Morgan fingerprint density at radius 3 is 2.46 bits per heavy atom. The van der Waals surface area contributed by atoms with E-state index >= 15 is 0 Å². The van der Waals surface area contributed by atoms with Gasteiger partial charge in [0.15, 0.2) is 18.1 Å². The van der Waals surface area contributed by atoms with E-state index in [0.29, 0.717) is 36.9 Å². The average molecular weight is 600 g/mol. The van der Waals surface area contributed by atoms with Crippen molar-refractivity contribution in [3.05, 3.63) is 108 Å². The highest BCUT2D eigenvalue weighted by Gasteiger charge is 2.26. The molecule has 1 aliphatic rings. The number of Topliss-reactive ketones (excluding diaryl/α,β-unsaturated/α-hetero) is 1. The van der Waals surface area contributed by atoms with Crippen LogP contribution in [0.3, 0.4) is 0 Å². The third-order valence-corrected chi connectivity index (χ3v) is 6.22. The highest BCUT2D eigenvalue weighted by Crippen LogP contribution is 2.36. The predicted octanol–water partition coefficient (Wildman–Crippen LogP) is 6.03. The molecule has 3 aromatic carbocycles. The Morgan fingerprint density at radius 1 is 1.11 bits per heavy atom. The number of hydrogen-bond acceptors (Lipinski definition) is 7. The van der Waals surface area contributed by atoms with Crippen LogP contribution in [0, 0.1) is 17.0 Å².